The van der Waals surface area contributed by atoms with Gasteiger partial charge >= 0.3 is 5.97 Å². The van der Waals surface area contributed by atoms with Crippen molar-refractivity contribution in [2.45, 2.75) is 19.8 Å². The van der Waals surface area contributed by atoms with E-state index in [2.05, 4.69) is 15.2 Å². The molecule has 2 aromatic heterocycles. The molecule has 0 saturated heterocycles. The summed E-state index contributed by atoms with van der Waals surface area (Å²) in [4.78, 5) is 16.3. The van der Waals surface area contributed by atoms with Gasteiger partial charge in [-0.25, -0.2) is 9.78 Å². The number of carbonyl (C=O) groups is 1. The second kappa shape index (κ2) is 6.72. The number of azo groups is 1. The summed E-state index contributed by atoms with van der Waals surface area (Å²) in [6.45, 7) is 3.97. The molecule has 7 nitrogen and oxygen atoms in total. The summed E-state index contributed by atoms with van der Waals surface area (Å²) in [5.74, 6) is 0.194. The molecule has 0 saturated carbocycles. The van der Waals surface area contributed by atoms with Gasteiger partial charge in [-0.3, -0.25) is 4.40 Å². The highest BCUT2D eigenvalue weighted by Gasteiger charge is 2.17. The molecule has 0 fully saturated rings. The van der Waals surface area contributed by atoms with E-state index >= 15 is 0 Å². The molecule has 2 heterocycles. The summed E-state index contributed by atoms with van der Waals surface area (Å²) in [7, 11) is 1.32. The summed E-state index contributed by atoms with van der Waals surface area (Å²) in [5, 5.41) is 18.5. The Kier molecular flexibility index (Phi) is 4.47. The largest absolute Gasteiger partial charge is 0.504 e. The van der Waals surface area contributed by atoms with Gasteiger partial charge in [0.05, 0.1) is 18.4 Å². The van der Waals surface area contributed by atoms with Gasteiger partial charge in [-0.15, -0.1) is 10.2 Å². The van der Waals surface area contributed by atoms with Crippen LogP contribution in [0.5, 0.6) is 5.75 Å². The maximum absolute atomic E-state index is 11.9. The maximum Gasteiger partial charge on any atom is 0.340 e. The van der Waals surface area contributed by atoms with Gasteiger partial charge in [0.25, 0.3) is 0 Å². The van der Waals surface area contributed by atoms with Crippen LogP contribution in [-0.4, -0.2) is 27.6 Å². The number of ether oxygens (including phenoxy) is 1. The molecule has 3 rings (SSSR count). The maximum atomic E-state index is 11.9. The van der Waals surface area contributed by atoms with E-state index in [-0.39, 0.29) is 11.7 Å². The number of aromatic nitrogens is 2. The Bertz CT molecular complexity index is 960. The number of esters is 1. The second-order valence-corrected chi connectivity index (χ2v) is 5.77. The lowest BCUT2D eigenvalue weighted by Crippen LogP contribution is -2.00. The van der Waals surface area contributed by atoms with E-state index in [1.807, 2.05) is 13.8 Å². The Morgan fingerprint density at radius 3 is 2.68 bits per heavy atom. The molecule has 0 aliphatic carbocycles. The number of aromatic hydroxyl groups is 1. The Morgan fingerprint density at radius 2 is 1.96 bits per heavy atom. The zero-order valence-electron chi connectivity index (χ0n) is 14.2. The fourth-order valence-electron chi connectivity index (χ4n) is 2.49. The van der Waals surface area contributed by atoms with Crippen molar-refractivity contribution in [2.24, 2.45) is 10.2 Å². The minimum absolute atomic E-state index is 0.0702. The summed E-state index contributed by atoms with van der Waals surface area (Å²) in [6, 6.07) is 10.1. The number of carbonyl (C=O) groups excluding carboxylic acids is 1. The highest BCUT2D eigenvalue weighted by Crippen LogP contribution is 2.32. The molecule has 25 heavy (non-hydrogen) atoms. The van der Waals surface area contributed by atoms with Gasteiger partial charge in [-0.1, -0.05) is 26.0 Å². The Hall–Kier alpha value is -3.22. The predicted molar refractivity (Wildman–Crippen MR) is 92.9 cm³/mol. The zero-order chi connectivity index (χ0) is 18.0. The van der Waals surface area contributed by atoms with E-state index in [4.69, 9.17) is 4.74 Å². The van der Waals surface area contributed by atoms with Gasteiger partial charge in [0.1, 0.15) is 5.69 Å². The first-order chi connectivity index (χ1) is 12.0. The number of hydrogen-bond acceptors (Lipinski definition) is 6. The second-order valence-electron chi connectivity index (χ2n) is 5.77. The van der Waals surface area contributed by atoms with Crippen LogP contribution in [0.4, 0.5) is 11.5 Å². The van der Waals surface area contributed by atoms with E-state index in [9.17, 15) is 9.90 Å². The normalized spacial score (nSPS) is 11.5. The molecule has 0 atom stereocenters. The number of nitrogens with zero attached hydrogens (tertiary/aromatic N) is 4. The lowest BCUT2D eigenvalue weighted by molar-refractivity contribution is 0.0601. The van der Waals surface area contributed by atoms with Crippen molar-refractivity contribution < 1.29 is 14.6 Å². The number of methoxy groups -OCH3 is 1. The third-order valence-corrected chi connectivity index (χ3v) is 3.74. The van der Waals surface area contributed by atoms with Crippen molar-refractivity contribution in [1.82, 2.24) is 9.38 Å². The van der Waals surface area contributed by atoms with Crippen LogP contribution >= 0.6 is 0 Å². The summed E-state index contributed by atoms with van der Waals surface area (Å²) < 4.78 is 6.45. The molecule has 3 aromatic rings. The predicted octanol–water partition coefficient (Wildman–Crippen LogP) is 4.37. The molecule has 1 aromatic carbocycles. The van der Waals surface area contributed by atoms with Crippen LogP contribution in [-0.2, 0) is 4.74 Å². The molecule has 0 amide bonds. The van der Waals surface area contributed by atoms with E-state index in [0.29, 0.717) is 28.4 Å². The molecule has 0 radical (unpaired) electrons. The first kappa shape index (κ1) is 16.6. The number of rotatable bonds is 4. The lowest BCUT2D eigenvalue weighted by atomic mass is 10.1. The van der Waals surface area contributed by atoms with Crippen molar-refractivity contribution in [2.75, 3.05) is 7.11 Å². The van der Waals surface area contributed by atoms with Crippen LogP contribution < -0.4 is 0 Å². The Balaban J connectivity index is 2.13. The third-order valence-electron chi connectivity index (χ3n) is 3.74. The van der Waals surface area contributed by atoms with Crippen LogP contribution in [0.15, 0.2) is 52.8 Å². The number of imidazole rings is 1. The number of benzene rings is 1. The molecule has 0 unspecified atom stereocenters. The fourth-order valence-corrected chi connectivity index (χ4v) is 2.49. The van der Waals surface area contributed by atoms with Crippen molar-refractivity contribution in [1.29, 1.82) is 0 Å². The monoisotopic (exact) mass is 338 g/mol. The average molecular weight is 338 g/mol. The first-order valence-corrected chi connectivity index (χ1v) is 7.82. The minimum Gasteiger partial charge on any atom is -0.504 e. The van der Waals surface area contributed by atoms with Crippen LogP contribution in [0.2, 0.25) is 0 Å². The molecule has 0 aliphatic rings. The van der Waals surface area contributed by atoms with Crippen LogP contribution in [0.25, 0.3) is 5.65 Å². The Labute approximate surface area is 144 Å². The molecule has 128 valence electrons. The third kappa shape index (κ3) is 3.08. The van der Waals surface area contributed by atoms with Gasteiger partial charge in [-0.05, 0) is 30.2 Å². The van der Waals surface area contributed by atoms with Crippen molar-refractivity contribution >= 4 is 23.1 Å². The minimum atomic E-state index is -0.477. The van der Waals surface area contributed by atoms with Gasteiger partial charge in [0.15, 0.2) is 17.2 Å². The summed E-state index contributed by atoms with van der Waals surface area (Å²) in [5.41, 5.74) is 1.86. The van der Waals surface area contributed by atoms with Gasteiger partial charge < -0.3 is 9.84 Å². The topological polar surface area (TPSA) is 88.5 Å². The van der Waals surface area contributed by atoms with Crippen molar-refractivity contribution in [3.8, 4) is 5.75 Å². The van der Waals surface area contributed by atoms with Gasteiger partial charge in [-0.2, -0.15) is 0 Å². The zero-order valence-corrected chi connectivity index (χ0v) is 14.2. The van der Waals surface area contributed by atoms with Crippen molar-refractivity contribution in [3.63, 3.8) is 0 Å². The highest BCUT2D eigenvalue weighted by atomic mass is 16.5. The van der Waals surface area contributed by atoms with Crippen molar-refractivity contribution in [3.05, 3.63) is 53.9 Å². The van der Waals surface area contributed by atoms with Gasteiger partial charge in [0.2, 0.25) is 0 Å². The average Bonchev–Trinajstić information content (AvgIpc) is 3.00. The standard InChI is InChI=1S/C18H18N4O3/c1-11(2)15-17(22-10-6-9-14(23)16(22)19-15)21-20-13-8-5-4-7-12(13)18(24)25-3/h4-11,23H,1-3H3. The SMILES string of the molecule is COC(=O)c1ccccc1N=Nc1c(C(C)C)nc2c(O)cccn12. The fraction of sp³-hybridized carbons (Fsp3) is 0.222. The molecule has 7 heteroatoms. The van der Waals surface area contributed by atoms with Gasteiger partial charge in [0, 0.05) is 6.20 Å². The van der Waals surface area contributed by atoms with Crippen LogP contribution in [0, 0.1) is 0 Å². The molecular weight excluding hydrogens is 320 g/mol. The number of hydrogen-bond donors (Lipinski definition) is 1. The number of fused-ring (bicyclic) bond motifs is 1. The molecular formula is C18H18N4O3. The summed E-state index contributed by atoms with van der Waals surface area (Å²) >= 11 is 0. The smallest absolute Gasteiger partial charge is 0.340 e. The first-order valence-electron chi connectivity index (χ1n) is 7.82. The lowest BCUT2D eigenvalue weighted by Gasteiger charge is -2.04. The molecule has 0 bridgehead atoms. The number of pyridine rings is 1. The van der Waals surface area contributed by atoms with E-state index in [1.165, 1.54) is 7.11 Å². The molecule has 0 spiro atoms. The summed E-state index contributed by atoms with van der Waals surface area (Å²) in [6.07, 6.45) is 1.76. The Morgan fingerprint density at radius 1 is 1.20 bits per heavy atom. The van der Waals surface area contributed by atoms with E-state index in [0.717, 1.165) is 0 Å². The van der Waals surface area contributed by atoms with E-state index < -0.39 is 5.97 Å². The quantitative estimate of drug-likeness (QED) is 0.565. The molecule has 0 aliphatic heterocycles. The van der Waals surface area contributed by atoms with Crippen LogP contribution in [0.3, 0.4) is 0 Å². The van der Waals surface area contributed by atoms with E-state index in [1.54, 1.807) is 47.0 Å². The highest BCUT2D eigenvalue weighted by molar-refractivity contribution is 5.94. The van der Waals surface area contributed by atoms with Crippen LogP contribution in [0.1, 0.15) is 35.8 Å². The molecule has 1 N–H and O–H groups in total.